The average Bonchev–Trinajstić information content (AvgIpc) is 2.96. The summed E-state index contributed by atoms with van der Waals surface area (Å²) in [4.78, 5) is 37.6. The van der Waals surface area contributed by atoms with Crippen molar-refractivity contribution in [1.29, 1.82) is 0 Å². The SMILES string of the molecule is COc1ccc([C@]2(C)NC(=O)N(NC(=O)COc3ccc(C(C)C)c(C)c3)C2=O)cc1. The number of carbonyl (C=O) groups excluding carboxylic acids is 3. The van der Waals surface area contributed by atoms with Crippen LogP contribution in [0.4, 0.5) is 4.79 Å². The molecule has 1 saturated heterocycles. The zero-order chi connectivity index (χ0) is 22.8. The van der Waals surface area contributed by atoms with Crippen LogP contribution >= 0.6 is 0 Å². The maximum absolute atomic E-state index is 12.9. The summed E-state index contributed by atoms with van der Waals surface area (Å²) in [5.74, 6) is 0.346. The first-order valence-electron chi connectivity index (χ1n) is 9.99. The molecule has 2 aromatic rings. The minimum atomic E-state index is -1.30. The average molecular weight is 425 g/mol. The zero-order valence-electron chi connectivity index (χ0n) is 18.3. The van der Waals surface area contributed by atoms with Crippen molar-refractivity contribution in [2.75, 3.05) is 13.7 Å². The quantitative estimate of drug-likeness (QED) is 0.665. The number of hydrogen-bond donors (Lipinski definition) is 2. The molecule has 1 aliphatic heterocycles. The van der Waals surface area contributed by atoms with E-state index in [0.717, 1.165) is 5.56 Å². The molecule has 164 valence electrons. The molecule has 0 bridgehead atoms. The van der Waals surface area contributed by atoms with Crippen LogP contribution in [0.3, 0.4) is 0 Å². The topological polar surface area (TPSA) is 97.0 Å². The number of methoxy groups -OCH3 is 1. The summed E-state index contributed by atoms with van der Waals surface area (Å²) >= 11 is 0. The molecule has 31 heavy (non-hydrogen) atoms. The van der Waals surface area contributed by atoms with E-state index < -0.39 is 23.4 Å². The highest BCUT2D eigenvalue weighted by Gasteiger charge is 2.50. The van der Waals surface area contributed by atoms with E-state index >= 15 is 0 Å². The number of imide groups is 1. The number of amides is 4. The van der Waals surface area contributed by atoms with Crippen molar-refractivity contribution in [3.05, 3.63) is 59.2 Å². The van der Waals surface area contributed by atoms with Gasteiger partial charge in [-0.25, -0.2) is 4.79 Å². The normalized spacial score (nSPS) is 18.2. The summed E-state index contributed by atoms with van der Waals surface area (Å²) in [6.45, 7) is 7.44. The Morgan fingerprint density at radius 1 is 1.13 bits per heavy atom. The first-order chi connectivity index (χ1) is 14.7. The number of urea groups is 1. The van der Waals surface area contributed by atoms with Crippen molar-refractivity contribution in [1.82, 2.24) is 15.8 Å². The Morgan fingerprint density at radius 2 is 1.77 bits per heavy atom. The highest BCUT2D eigenvalue weighted by atomic mass is 16.5. The Labute approximate surface area is 181 Å². The van der Waals surface area contributed by atoms with Crippen LogP contribution in [0.2, 0.25) is 0 Å². The summed E-state index contributed by atoms with van der Waals surface area (Å²) < 4.78 is 10.7. The lowest BCUT2D eigenvalue weighted by atomic mass is 9.92. The predicted octanol–water partition coefficient (Wildman–Crippen LogP) is 3.00. The lowest BCUT2D eigenvalue weighted by Crippen LogP contribution is -2.49. The number of rotatable bonds is 7. The Hall–Kier alpha value is -3.55. The largest absolute Gasteiger partial charge is 0.497 e. The molecule has 0 aliphatic carbocycles. The number of aryl methyl sites for hydroxylation is 1. The van der Waals surface area contributed by atoms with Crippen LogP contribution < -0.4 is 20.2 Å². The summed E-state index contributed by atoms with van der Waals surface area (Å²) in [6, 6.07) is 11.7. The number of nitrogens with one attached hydrogen (secondary N) is 2. The van der Waals surface area contributed by atoms with Crippen molar-refractivity contribution in [3.63, 3.8) is 0 Å². The summed E-state index contributed by atoms with van der Waals surface area (Å²) in [5, 5.41) is 3.31. The van der Waals surface area contributed by atoms with Crippen LogP contribution in [0, 0.1) is 6.92 Å². The second kappa shape index (κ2) is 8.67. The Balaban J connectivity index is 1.64. The van der Waals surface area contributed by atoms with Crippen LogP contribution in [0.1, 0.15) is 43.4 Å². The molecule has 2 N–H and O–H groups in total. The standard InChI is InChI=1S/C23H27N3O5/c1-14(2)19-11-10-18(12-15(19)3)31-13-20(27)25-26-21(28)23(4,24-22(26)29)16-6-8-17(30-5)9-7-16/h6-12,14H,13H2,1-5H3,(H,24,29)(H,25,27)/t23-/m0/s1. The minimum absolute atomic E-state index is 0.337. The molecule has 0 radical (unpaired) electrons. The summed E-state index contributed by atoms with van der Waals surface area (Å²) in [6.07, 6.45) is 0. The highest BCUT2D eigenvalue weighted by molar-refractivity contribution is 6.08. The third kappa shape index (κ3) is 4.47. The number of hydrazine groups is 1. The van der Waals surface area contributed by atoms with Crippen LogP contribution in [0.5, 0.6) is 11.5 Å². The Morgan fingerprint density at radius 3 is 2.35 bits per heavy atom. The smallest absolute Gasteiger partial charge is 0.344 e. The second-order valence-corrected chi connectivity index (χ2v) is 7.92. The highest BCUT2D eigenvalue weighted by Crippen LogP contribution is 2.29. The van der Waals surface area contributed by atoms with E-state index in [1.807, 2.05) is 19.1 Å². The minimum Gasteiger partial charge on any atom is -0.497 e. The van der Waals surface area contributed by atoms with E-state index in [0.29, 0.717) is 28.0 Å². The van der Waals surface area contributed by atoms with E-state index in [4.69, 9.17) is 9.47 Å². The number of carbonyl (C=O) groups is 3. The van der Waals surface area contributed by atoms with Gasteiger partial charge in [-0.3, -0.25) is 15.0 Å². The van der Waals surface area contributed by atoms with Gasteiger partial charge in [0, 0.05) is 0 Å². The van der Waals surface area contributed by atoms with Gasteiger partial charge in [0.2, 0.25) is 0 Å². The van der Waals surface area contributed by atoms with E-state index in [1.54, 1.807) is 44.4 Å². The molecular weight excluding hydrogens is 398 g/mol. The van der Waals surface area contributed by atoms with Gasteiger partial charge in [-0.2, -0.15) is 5.01 Å². The molecule has 3 rings (SSSR count). The van der Waals surface area contributed by atoms with Gasteiger partial charge in [0.05, 0.1) is 7.11 Å². The van der Waals surface area contributed by atoms with Gasteiger partial charge in [-0.1, -0.05) is 32.0 Å². The molecule has 4 amide bonds. The van der Waals surface area contributed by atoms with Gasteiger partial charge in [0.15, 0.2) is 6.61 Å². The maximum Gasteiger partial charge on any atom is 0.344 e. The molecule has 8 nitrogen and oxygen atoms in total. The van der Waals surface area contributed by atoms with Crippen molar-refractivity contribution in [2.45, 2.75) is 39.2 Å². The number of hydrogen-bond acceptors (Lipinski definition) is 5. The maximum atomic E-state index is 12.9. The predicted molar refractivity (Wildman–Crippen MR) is 115 cm³/mol. The summed E-state index contributed by atoms with van der Waals surface area (Å²) in [5.41, 5.74) is 3.86. The molecule has 2 aromatic carbocycles. The van der Waals surface area contributed by atoms with Crippen molar-refractivity contribution in [3.8, 4) is 11.5 Å². The molecule has 0 unspecified atom stereocenters. The van der Waals surface area contributed by atoms with Gasteiger partial charge >= 0.3 is 6.03 Å². The van der Waals surface area contributed by atoms with Gasteiger partial charge in [0.1, 0.15) is 17.0 Å². The first kappa shape index (κ1) is 22.1. The molecule has 1 atom stereocenters. The van der Waals surface area contributed by atoms with Crippen LogP contribution in [-0.4, -0.2) is 36.6 Å². The third-order valence-corrected chi connectivity index (χ3v) is 5.33. The molecule has 0 saturated carbocycles. The molecule has 0 spiro atoms. The number of nitrogens with zero attached hydrogens (tertiary/aromatic N) is 1. The van der Waals surface area contributed by atoms with E-state index in [2.05, 4.69) is 24.6 Å². The van der Waals surface area contributed by atoms with Gasteiger partial charge in [-0.05, 0) is 60.7 Å². The van der Waals surface area contributed by atoms with Crippen LogP contribution in [0.15, 0.2) is 42.5 Å². The fraction of sp³-hybridized carbons (Fsp3) is 0.348. The van der Waals surface area contributed by atoms with E-state index in [1.165, 1.54) is 5.56 Å². The fourth-order valence-electron chi connectivity index (χ4n) is 3.55. The van der Waals surface area contributed by atoms with Crippen molar-refractivity contribution >= 4 is 17.8 Å². The molecule has 1 heterocycles. The first-order valence-corrected chi connectivity index (χ1v) is 9.99. The number of benzene rings is 2. The van der Waals surface area contributed by atoms with Crippen molar-refractivity contribution in [2.24, 2.45) is 0 Å². The van der Waals surface area contributed by atoms with E-state index in [-0.39, 0.29) is 6.61 Å². The van der Waals surface area contributed by atoms with Gasteiger partial charge < -0.3 is 14.8 Å². The lowest BCUT2D eigenvalue weighted by molar-refractivity contribution is -0.139. The second-order valence-electron chi connectivity index (χ2n) is 7.92. The third-order valence-electron chi connectivity index (χ3n) is 5.33. The number of ether oxygens (including phenoxy) is 2. The van der Waals surface area contributed by atoms with Gasteiger partial charge in [0.25, 0.3) is 11.8 Å². The molecule has 1 aliphatic rings. The Kier molecular flexibility index (Phi) is 6.19. The zero-order valence-corrected chi connectivity index (χ0v) is 18.3. The molecule has 1 fully saturated rings. The van der Waals surface area contributed by atoms with E-state index in [9.17, 15) is 14.4 Å². The monoisotopic (exact) mass is 425 g/mol. The summed E-state index contributed by atoms with van der Waals surface area (Å²) in [7, 11) is 1.54. The molecular formula is C23H27N3O5. The Bertz CT molecular complexity index is 1000. The van der Waals surface area contributed by atoms with Gasteiger partial charge in [-0.15, -0.1) is 0 Å². The van der Waals surface area contributed by atoms with Crippen molar-refractivity contribution < 1.29 is 23.9 Å². The lowest BCUT2D eigenvalue weighted by Gasteiger charge is -2.22. The molecule has 8 heteroatoms. The van der Waals surface area contributed by atoms with Crippen LogP contribution in [-0.2, 0) is 15.1 Å². The van der Waals surface area contributed by atoms with Crippen LogP contribution in [0.25, 0.3) is 0 Å². The molecule has 0 aromatic heterocycles. The fourth-order valence-corrected chi connectivity index (χ4v) is 3.55.